The minimum absolute atomic E-state index is 0.105. The number of nitrogens with two attached hydrogens (primary N) is 1. The molecule has 98 valence electrons. The number of rotatable bonds is 2. The molecule has 0 aromatic carbocycles. The molecule has 2 aliphatic heterocycles. The van der Waals surface area contributed by atoms with Crippen LogP contribution in [0.5, 0.6) is 0 Å². The summed E-state index contributed by atoms with van der Waals surface area (Å²) >= 11 is 0. The highest BCUT2D eigenvalue weighted by Crippen LogP contribution is 2.28. The average molecular weight is 249 g/mol. The molecule has 1 aromatic rings. The second kappa shape index (κ2) is 4.28. The van der Waals surface area contributed by atoms with E-state index in [0.717, 1.165) is 13.0 Å². The molecular formula is C12H19N5O. The van der Waals surface area contributed by atoms with Crippen molar-refractivity contribution in [3.8, 4) is 0 Å². The van der Waals surface area contributed by atoms with Crippen LogP contribution in [0, 0.1) is 0 Å². The fourth-order valence-corrected chi connectivity index (χ4v) is 3.22. The molecule has 18 heavy (non-hydrogen) atoms. The summed E-state index contributed by atoms with van der Waals surface area (Å²) in [6.07, 6.45) is 4.98. The van der Waals surface area contributed by atoms with E-state index in [4.69, 9.17) is 5.73 Å². The molecule has 6 nitrogen and oxygen atoms in total. The number of aryl methyl sites for hydroxylation is 1. The second-order valence-electron chi connectivity index (χ2n) is 5.19. The highest BCUT2D eigenvalue weighted by Gasteiger charge is 2.38. The molecule has 2 fully saturated rings. The van der Waals surface area contributed by atoms with Crippen LogP contribution in [0.2, 0.25) is 0 Å². The molecule has 6 heteroatoms. The molecule has 1 amide bonds. The predicted octanol–water partition coefficient (Wildman–Crippen LogP) is -0.0312. The fourth-order valence-electron chi connectivity index (χ4n) is 3.22. The van der Waals surface area contributed by atoms with Crippen LogP contribution < -0.4 is 11.1 Å². The van der Waals surface area contributed by atoms with Crippen molar-refractivity contribution >= 4 is 11.6 Å². The summed E-state index contributed by atoms with van der Waals surface area (Å²) in [6.45, 7) is 2.27. The van der Waals surface area contributed by atoms with E-state index in [0.29, 0.717) is 17.4 Å². The van der Waals surface area contributed by atoms with Crippen LogP contribution in [0.4, 0.5) is 5.69 Å². The number of hydrogen-bond acceptors (Lipinski definition) is 4. The number of nitrogens with one attached hydrogen (secondary N) is 1. The highest BCUT2D eigenvalue weighted by molar-refractivity contribution is 5.97. The Bertz CT molecular complexity index is 450. The van der Waals surface area contributed by atoms with Crippen molar-refractivity contribution in [2.75, 3.05) is 18.8 Å². The molecule has 2 saturated heterocycles. The first-order valence-electron chi connectivity index (χ1n) is 6.49. The van der Waals surface area contributed by atoms with Crippen LogP contribution >= 0.6 is 0 Å². The van der Waals surface area contributed by atoms with Gasteiger partial charge in [0.15, 0.2) is 0 Å². The van der Waals surface area contributed by atoms with Crippen molar-refractivity contribution in [3.05, 3.63) is 11.9 Å². The van der Waals surface area contributed by atoms with Crippen molar-refractivity contribution in [2.24, 2.45) is 7.05 Å². The zero-order valence-electron chi connectivity index (χ0n) is 10.6. The summed E-state index contributed by atoms with van der Waals surface area (Å²) in [4.78, 5) is 14.7. The van der Waals surface area contributed by atoms with Gasteiger partial charge in [-0.25, -0.2) is 0 Å². The minimum atomic E-state index is -0.105. The standard InChI is InChI=1S/C12H19N5O/c1-16-11(8(13)7-14-16)12(18)15-9-4-6-17-5-2-3-10(9)17/h7,9-10H,2-6,13H2,1H3,(H,15,18). The van der Waals surface area contributed by atoms with E-state index < -0.39 is 0 Å². The van der Waals surface area contributed by atoms with Gasteiger partial charge in [0.2, 0.25) is 0 Å². The topological polar surface area (TPSA) is 76.2 Å². The van der Waals surface area contributed by atoms with Gasteiger partial charge < -0.3 is 11.1 Å². The van der Waals surface area contributed by atoms with E-state index in [-0.39, 0.29) is 11.9 Å². The SMILES string of the molecule is Cn1ncc(N)c1C(=O)NC1CCN2CCCC12. The van der Waals surface area contributed by atoms with Crippen LogP contribution in [0.15, 0.2) is 6.20 Å². The molecule has 2 unspecified atom stereocenters. The molecule has 0 spiro atoms. The molecule has 2 aliphatic rings. The molecule has 3 heterocycles. The number of aromatic nitrogens is 2. The number of hydrogen-bond donors (Lipinski definition) is 2. The minimum Gasteiger partial charge on any atom is -0.396 e. The van der Waals surface area contributed by atoms with Crippen LogP contribution in [-0.4, -0.2) is 45.8 Å². The Hall–Kier alpha value is -1.56. The summed E-state index contributed by atoms with van der Waals surface area (Å²) in [5, 5.41) is 7.11. The first-order chi connectivity index (χ1) is 8.66. The van der Waals surface area contributed by atoms with Gasteiger partial charge in [-0.05, 0) is 25.8 Å². The third-order valence-electron chi connectivity index (χ3n) is 4.10. The first kappa shape index (κ1) is 11.5. The molecule has 1 aromatic heterocycles. The smallest absolute Gasteiger partial charge is 0.271 e. The maximum atomic E-state index is 12.2. The zero-order valence-corrected chi connectivity index (χ0v) is 10.6. The van der Waals surface area contributed by atoms with E-state index >= 15 is 0 Å². The van der Waals surface area contributed by atoms with Crippen LogP contribution in [0.1, 0.15) is 29.8 Å². The number of carbonyl (C=O) groups excluding carboxylic acids is 1. The third-order valence-corrected chi connectivity index (χ3v) is 4.10. The largest absolute Gasteiger partial charge is 0.396 e. The molecule has 3 rings (SSSR count). The van der Waals surface area contributed by atoms with Gasteiger partial charge in [-0.3, -0.25) is 14.4 Å². The van der Waals surface area contributed by atoms with E-state index in [2.05, 4.69) is 15.3 Å². The number of nitrogens with zero attached hydrogens (tertiary/aromatic N) is 3. The van der Waals surface area contributed by atoms with Crippen LogP contribution in [-0.2, 0) is 7.05 Å². The van der Waals surface area contributed by atoms with Gasteiger partial charge >= 0.3 is 0 Å². The predicted molar refractivity (Wildman–Crippen MR) is 68.1 cm³/mol. The lowest BCUT2D eigenvalue weighted by atomic mass is 10.1. The monoisotopic (exact) mass is 249 g/mol. The number of carbonyl (C=O) groups is 1. The Morgan fingerprint density at radius 1 is 1.50 bits per heavy atom. The van der Waals surface area contributed by atoms with E-state index in [1.54, 1.807) is 7.05 Å². The number of nitrogen functional groups attached to an aromatic ring is 1. The molecule has 0 bridgehead atoms. The average Bonchev–Trinajstić information content (AvgIpc) is 2.98. The summed E-state index contributed by atoms with van der Waals surface area (Å²) < 4.78 is 1.53. The van der Waals surface area contributed by atoms with E-state index in [9.17, 15) is 4.79 Å². The van der Waals surface area contributed by atoms with E-state index in [1.807, 2.05) is 0 Å². The summed E-state index contributed by atoms with van der Waals surface area (Å²) in [6, 6.07) is 0.776. The maximum Gasteiger partial charge on any atom is 0.271 e. The van der Waals surface area contributed by atoms with Gasteiger partial charge in [0, 0.05) is 25.7 Å². The normalized spacial score (nSPS) is 27.4. The maximum absolute atomic E-state index is 12.2. The quantitative estimate of drug-likeness (QED) is 0.771. The molecule has 0 saturated carbocycles. The van der Waals surface area contributed by atoms with Crippen molar-refractivity contribution in [3.63, 3.8) is 0 Å². The van der Waals surface area contributed by atoms with Gasteiger partial charge in [-0.2, -0.15) is 5.10 Å². The third kappa shape index (κ3) is 1.77. The Morgan fingerprint density at radius 3 is 3.06 bits per heavy atom. The lowest BCUT2D eigenvalue weighted by Crippen LogP contribution is -2.43. The molecular weight excluding hydrogens is 230 g/mol. The molecule has 3 N–H and O–H groups in total. The Labute approximate surface area is 106 Å². The zero-order chi connectivity index (χ0) is 12.7. The summed E-state index contributed by atoms with van der Waals surface area (Å²) in [5.41, 5.74) is 6.67. The van der Waals surface area contributed by atoms with Gasteiger partial charge in [-0.1, -0.05) is 0 Å². The molecule has 0 radical (unpaired) electrons. The van der Waals surface area contributed by atoms with Crippen LogP contribution in [0.25, 0.3) is 0 Å². The Kier molecular flexibility index (Phi) is 2.74. The van der Waals surface area contributed by atoms with Gasteiger partial charge in [0.05, 0.1) is 11.9 Å². The van der Waals surface area contributed by atoms with Crippen molar-refractivity contribution < 1.29 is 4.79 Å². The first-order valence-corrected chi connectivity index (χ1v) is 6.49. The van der Waals surface area contributed by atoms with Crippen molar-refractivity contribution in [1.82, 2.24) is 20.0 Å². The molecule has 2 atom stereocenters. The van der Waals surface area contributed by atoms with E-state index in [1.165, 1.54) is 30.3 Å². The van der Waals surface area contributed by atoms with Crippen molar-refractivity contribution in [1.29, 1.82) is 0 Å². The van der Waals surface area contributed by atoms with Crippen LogP contribution in [0.3, 0.4) is 0 Å². The van der Waals surface area contributed by atoms with Crippen molar-refractivity contribution in [2.45, 2.75) is 31.3 Å². The molecule has 0 aliphatic carbocycles. The lowest BCUT2D eigenvalue weighted by Gasteiger charge is -2.21. The highest BCUT2D eigenvalue weighted by atomic mass is 16.2. The lowest BCUT2D eigenvalue weighted by molar-refractivity contribution is 0.0921. The number of anilines is 1. The second-order valence-corrected chi connectivity index (χ2v) is 5.19. The summed E-state index contributed by atoms with van der Waals surface area (Å²) in [7, 11) is 1.74. The van der Waals surface area contributed by atoms with Gasteiger partial charge in [-0.15, -0.1) is 0 Å². The number of amides is 1. The van der Waals surface area contributed by atoms with Gasteiger partial charge in [0.25, 0.3) is 5.91 Å². The Balaban J connectivity index is 1.72. The summed E-state index contributed by atoms with van der Waals surface area (Å²) in [5.74, 6) is -0.105. The fraction of sp³-hybridized carbons (Fsp3) is 0.667. The Morgan fingerprint density at radius 2 is 2.33 bits per heavy atom. The van der Waals surface area contributed by atoms with Gasteiger partial charge in [0.1, 0.15) is 5.69 Å². The number of fused-ring (bicyclic) bond motifs is 1.